The number of nitrogens with zero attached hydrogens (tertiary/aromatic N) is 1. The third kappa shape index (κ3) is 6.38. The fourth-order valence-electron chi connectivity index (χ4n) is 5.82. The first kappa shape index (κ1) is 28.9. The topological polar surface area (TPSA) is 99.8 Å². The summed E-state index contributed by atoms with van der Waals surface area (Å²) >= 11 is 0. The Morgan fingerprint density at radius 1 is 1.13 bits per heavy atom. The molecule has 0 saturated heterocycles. The molecular weight excluding hydrogens is 492 g/mol. The Hall–Kier alpha value is -3.13. The Bertz CT molecular complexity index is 1170. The highest BCUT2D eigenvalue weighted by molar-refractivity contribution is 5.94. The number of carbonyl (C=O) groups is 3. The number of amides is 3. The fraction of sp³-hybridized carbons (Fsp3) is 0.581. The summed E-state index contributed by atoms with van der Waals surface area (Å²) in [6.07, 6.45) is 9.91. The van der Waals surface area contributed by atoms with Crippen LogP contribution in [0.1, 0.15) is 70.9 Å². The molecule has 1 aromatic carbocycles. The van der Waals surface area contributed by atoms with Gasteiger partial charge in [-0.1, -0.05) is 44.6 Å². The average Bonchev–Trinajstić information content (AvgIpc) is 2.93. The zero-order chi connectivity index (χ0) is 28.3. The van der Waals surface area contributed by atoms with Crippen LogP contribution in [0.3, 0.4) is 0 Å². The summed E-state index contributed by atoms with van der Waals surface area (Å²) in [6, 6.07) is 3.84. The molecule has 8 nitrogen and oxygen atoms in total. The second-order valence-corrected chi connectivity index (χ2v) is 12.1. The van der Waals surface area contributed by atoms with Gasteiger partial charge in [-0.2, -0.15) is 0 Å². The molecule has 212 valence electrons. The van der Waals surface area contributed by atoms with Crippen molar-refractivity contribution in [1.82, 2.24) is 20.9 Å². The van der Waals surface area contributed by atoms with Gasteiger partial charge in [-0.15, -0.1) is 0 Å². The summed E-state index contributed by atoms with van der Waals surface area (Å²) in [5.74, 6) is 0.0499. The molecule has 4 atom stereocenters. The Kier molecular flexibility index (Phi) is 8.84. The second kappa shape index (κ2) is 11.9. The summed E-state index contributed by atoms with van der Waals surface area (Å²) in [4.78, 5) is 42.7. The smallest absolute Gasteiger partial charge is 0.246 e. The van der Waals surface area contributed by atoms with Crippen molar-refractivity contribution in [3.05, 3.63) is 52.6 Å². The summed E-state index contributed by atoms with van der Waals surface area (Å²) in [5, 5.41) is 9.21. The van der Waals surface area contributed by atoms with Crippen molar-refractivity contribution in [3.8, 4) is 5.75 Å². The predicted octanol–water partition coefficient (Wildman–Crippen LogP) is 3.40. The molecule has 2 aliphatic carbocycles. The maximum Gasteiger partial charge on any atom is 0.246 e. The fourth-order valence-corrected chi connectivity index (χ4v) is 5.82. The van der Waals surface area contributed by atoms with Gasteiger partial charge in [0.05, 0.1) is 19.2 Å². The van der Waals surface area contributed by atoms with Crippen molar-refractivity contribution in [2.45, 2.75) is 96.9 Å². The lowest BCUT2D eigenvalue weighted by Crippen LogP contribution is -2.62. The van der Waals surface area contributed by atoms with Crippen molar-refractivity contribution in [1.29, 1.82) is 0 Å². The lowest BCUT2D eigenvalue weighted by molar-refractivity contribution is -0.147. The molecular formula is C31H44N4O4. The number of hydrogen-bond acceptors (Lipinski definition) is 5. The highest BCUT2D eigenvalue weighted by Gasteiger charge is 2.43. The summed E-state index contributed by atoms with van der Waals surface area (Å²) in [6.45, 7) is 7.82. The number of methoxy groups -OCH3 is 1. The number of rotatable bonds is 7. The molecule has 1 aliphatic heterocycles. The van der Waals surface area contributed by atoms with Crippen LogP contribution in [-0.4, -0.2) is 60.9 Å². The van der Waals surface area contributed by atoms with Crippen LogP contribution >= 0.6 is 0 Å². The molecule has 1 heterocycles. The molecule has 3 aliphatic rings. The lowest BCUT2D eigenvalue weighted by Gasteiger charge is -2.42. The van der Waals surface area contributed by atoms with Crippen molar-refractivity contribution >= 4 is 17.7 Å². The normalized spacial score (nSPS) is 22.4. The molecule has 4 rings (SSSR count). The number of nitrogens with one attached hydrogen (secondary N) is 3. The second-order valence-electron chi connectivity index (χ2n) is 12.1. The van der Waals surface area contributed by atoms with E-state index in [1.807, 2.05) is 39.0 Å². The minimum atomic E-state index is -0.798. The van der Waals surface area contributed by atoms with E-state index in [9.17, 15) is 14.4 Å². The van der Waals surface area contributed by atoms with Crippen LogP contribution in [0.25, 0.3) is 0 Å². The van der Waals surface area contributed by atoms with Crippen molar-refractivity contribution in [2.75, 3.05) is 14.2 Å². The van der Waals surface area contributed by atoms with Gasteiger partial charge >= 0.3 is 0 Å². The first-order chi connectivity index (χ1) is 18.5. The van der Waals surface area contributed by atoms with Crippen LogP contribution in [0.5, 0.6) is 5.75 Å². The van der Waals surface area contributed by atoms with Crippen LogP contribution in [0, 0.1) is 5.41 Å². The average molecular weight is 537 g/mol. The van der Waals surface area contributed by atoms with Crippen LogP contribution in [0.2, 0.25) is 0 Å². The van der Waals surface area contributed by atoms with E-state index in [-0.39, 0.29) is 30.3 Å². The number of fused-ring (bicyclic) bond motifs is 1. The lowest BCUT2D eigenvalue weighted by atomic mass is 9.82. The Labute approximate surface area is 232 Å². The number of likely N-dealkylation sites (N-methyl/N-ethyl adjacent to an activating group) is 1. The van der Waals surface area contributed by atoms with E-state index < -0.39 is 23.5 Å². The SMILES string of the molecule is CNC(C)C(=O)NC(C(=O)N1Cc2cc(OC)ccc2CC1C(=O)NC1CCCC2=C1C=CCC2)C(C)(C)C. The zero-order valence-corrected chi connectivity index (χ0v) is 24.2. The molecule has 0 aromatic heterocycles. The van der Waals surface area contributed by atoms with E-state index in [1.165, 1.54) is 11.1 Å². The molecule has 3 amide bonds. The molecule has 39 heavy (non-hydrogen) atoms. The summed E-state index contributed by atoms with van der Waals surface area (Å²) < 4.78 is 5.44. The molecule has 8 heteroatoms. The highest BCUT2D eigenvalue weighted by Crippen LogP contribution is 2.34. The molecule has 3 N–H and O–H groups in total. The van der Waals surface area contributed by atoms with E-state index in [1.54, 1.807) is 26.0 Å². The molecule has 0 fully saturated rings. The molecule has 1 aromatic rings. The Balaban J connectivity index is 1.65. The largest absolute Gasteiger partial charge is 0.497 e. The van der Waals surface area contributed by atoms with Gasteiger partial charge in [0.1, 0.15) is 17.8 Å². The van der Waals surface area contributed by atoms with E-state index in [4.69, 9.17) is 4.74 Å². The highest BCUT2D eigenvalue weighted by atomic mass is 16.5. The van der Waals surface area contributed by atoms with Gasteiger partial charge in [0.15, 0.2) is 0 Å². The van der Waals surface area contributed by atoms with Gasteiger partial charge in [0.25, 0.3) is 0 Å². The summed E-state index contributed by atoms with van der Waals surface area (Å²) in [7, 11) is 3.33. The first-order valence-electron chi connectivity index (χ1n) is 14.2. The minimum Gasteiger partial charge on any atom is -0.497 e. The van der Waals surface area contributed by atoms with Gasteiger partial charge in [-0.05, 0) is 80.3 Å². The van der Waals surface area contributed by atoms with Gasteiger partial charge in [-0.3, -0.25) is 14.4 Å². The Morgan fingerprint density at radius 3 is 2.59 bits per heavy atom. The van der Waals surface area contributed by atoms with E-state index in [0.29, 0.717) is 12.2 Å². The summed E-state index contributed by atoms with van der Waals surface area (Å²) in [5.41, 5.74) is 4.09. The van der Waals surface area contributed by atoms with Crippen molar-refractivity contribution in [3.63, 3.8) is 0 Å². The molecule has 4 unspecified atom stereocenters. The Morgan fingerprint density at radius 2 is 1.90 bits per heavy atom. The van der Waals surface area contributed by atoms with Crippen molar-refractivity contribution in [2.24, 2.45) is 5.41 Å². The van der Waals surface area contributed by atoms with E-state index in [0.717, 1.165) is 43.2 Å². The van der Waals surface area contributed by atoms with Crippen LogP contribution < -0.4 is 20.7 Å². The number of hydrogen-bond donors (Lipinski definition) is 3. The molecule has 0 saturated carbocycles. The van der Waals surface area contributed by atoms with Gasteiger partial charge < -0.3 is 25.6 Å². The number of benzene rings is 1. The minimum absolute atomic E-state index is 0.0402. The van der Waals surface area contributed by atoms with Gasteiger partial charge in [0.2, 0.25) is 17.7 Å². The number of ether oxygens (including phenoxy) is 1. The monoisotopic (exact) mass is 536 g/mol. The molecule has 0 spiro atoms. The third-order valence-electron chi connectivity index (χ3n) is 8.34. The van der Waals surface area contributed by atoms with Crippen molar-refractivity contribution < 1.29 is 19.1 Å². The zero-order valence-electron chi connectivity index (χ0n) is 24.2. The van der Waals surface area contributed by atoms with Gasteiger partial charge in [-0.25, -0.2) is 0 Å². The standard InChI is InChI=1S/C31H44N4O4/c1-19(32-5)28(36)34-27(31(2,3)4)30(38)35-18-22-16-23(39-6)15-14-21(22)17-26(35)29(37)33-25-13-9-11-20-10-7-8-12-24(20)25/h8,12,14-16,19,25-27,32H,7,9-11,13,17-18H2,1-6H3,(H,33,37)(H,34,36). The van der Waals surface area contributed by atoms with Gasteiger partial charge in [0, 0.05) is 13.0 Å². The predicted molar refractivity (Wildman–Crippen MR) is 152 cm³/mol. The van der Waals surface area contributed by atoms with E-state index in [2.05, 4.69) is 28.1 Å². The maximum absolute atomic E-state index is 14.2. The number of allylic oxidation sites excluding steroid dienone is 2. The molecule has 0 radical (unpaired) electrons. The maximum atomic E-state index is 14.2. The first-order valence-corrected chi connectivity index (χ1v) is 14.2. The van der Waals surface area contributed by atoms with Crippen LogP contribution in [-0.2, 0) is 27.3 Å². The van der Waals surface area contributed by atoms with Crippen LogP contribution in [0.15, 0.2) is 41.5 Å². The van der Waals surface area contributed by atoms with Crippen LogP contribution in [0.4, 0.5) is 0 Å². The third-order valence-corrected chi connectivity index (χ3v) is 8.34. The number of carbonyl (C=O) groups excluding carboxylic acids is 3. The molecule has 0 bridgehead atoms. The quantitative estimate of drug-likeness (QED) is 0.496. The van der Waals surface area contributed by atoms with E-state index >= 15 is 0 Å².